The van der Waals surface area contributed by atoms with Gasteiger partial charge in [-0.05, 0) is 44.0 Å². The molecule has 0 fully saturated rings. The Morgan fingerprint density at radius 3 is 2.64 bits per heavy atom. The molecule has 0 aliphatic heterocycles. The topological polar surface area (TPSA) is 54.2 Å². The van der Waals surface area contributed by atoms with Crippen LogP contribution in [0, 0.1) is 0 Å². The molecule has 0 saturated carbocycles. The van der Waals surface area contributed by atoms with E-state index in [2.05, 4.69) is 65.8 Å². The van der Waals surface area contributed by atoms with Crippen LogP contribution in [-0.2, 0) is 6.54 Å². The summed E-state index contributed by atoms with van der Waals surface area (Å²) in [6.07, 6.45) is 4.79. The summed E-state index contributed by atoms with van der Waals surface area (Å²) in [6.45, 7) is 7.92. The predicted molar refractivity (Wildman–Crippen MR) is 91.3 cm³/mol. The molecule has 0 aliphatic rings. The standard InChI is InChI=1S/C17H25N5/c1-4-14(3)21-17(18-5-2)19-13-15-7-9-16(10-8-15)22-12-6-11-20-22/h6-12,14H,4-5,13H2,1-3H3,(H2,18,19,21). The van der Waals surface area contributed by atoms with Gasteiger partial charge in [-0.3, -0.25) is 0 Å². The van der Waals surface area contributed by atoms with Crippen LogP contribution in [0.25, 0.3) is 5.69 Å². The number of hydrogen-bond acceptors (Lipinski definition) is 2. The molecule has 5 heteroatoms. The average Bonchev–Trinajstić information content (AvgIpc) is 3.07. The summed E-state index contributed by atoms with van der Waals surface area (Å²) in [7, 11) is 0. The number of nitrogens with zero attached hydrogens (tertiary/aromatic N) is 3. The summed E-state index contributed by atoms with van der Waals surface area (Å²) in [5, 5.41) is 10.9. The molecule has 0 saturated heterocycles. The Bertz CT molecular complexity index is 572. The SMILES string of the molecule is CCNC(=NCc1ccc(-n2cccn2)cc1)NC(C)CC. The van der Waals surface area contributed by atoms with Crippen molar-refractivity contribution >= 4 is 5.96 Å². The first-order valence-corrected chi connectivity index (χ1v) is 7.86. The molecule has 1 aromatic carbocycles. The van der Waals surface area contributed by atoms with Crippen molar-refractivity contribution < 1.29 is 0 Å². The molecule has 1 heterocycles. The van der Waals surface area contributed by atoms with E-state index in [9.17, 15) is 0 Å². The number of rotatable bonds is 6. The maximum Gasteiger partial charge on any atom is 0.191 e. The van der Waals surface area contributed by atoms with Gasteiger partial charge in [-0.25, -0.2) is 9.67 Å². The molecule has 0 bridgehead atoms. The molecule has 118 valence electrons. The average molecular weight is 299 g/mol. The normalized spacial score (nSPS) is 13.0. The van der Waals surface area contributed by atoms with Crippen molar-refractivity contribution in [2.45, 2.75) is 39.8 Å². The van der Waals surface area contributed by atoms with Gasteiger partial charge < -0.3 is 10.6 Å². The summed E-state index contributed by atoms with van der Waals surface area (Å²) >= 11 is 0. The van der Waals surface area contributed by atoms with Gasteiger partial charge in [0.1, 0.15) is 0 Å². The second-order valence-electron chi connectivity index (χ2n) is 5.27. The van der Waals surface area contributed by atoms with Crippen molar-refractivity contribution in [3.8, 4) is 5.69 Å². The van der Waals surface area contributed by atoms with Crippen molar-refractivity contribution in [1.82, 2.24) is 20.4 Å². The fourth-order valence-corrected chi connectivity index (χ4v) is 2.00. The molecule has 1 unspecified atom stereocenters. The molecule has 22 heavy (non-hydrogen) atoms. The minimum Gasteiger partial charge on any atom is -0.357 e. The Hall–Kier alpha value is -2.30. The van der Waals surface area contributed by atoms with Crippen molar-refractivity contribution in [1.29, 1.82) is 0 Å². The van der Waals surface area contributed by atoms with Crippen LogP contribution in [0.3, 0.4) is 0 Å². The van der Waals surface area contributed by atoms with Gasteiger partial charge in [0.2, 0.25) is 0 Å². The van der Waals surface area contributed by atoms with Gasteiger partial charge >= 0.3 is 0 Å². The van der Waals surface area contributed by atoms with E-state index in [1.807, 2.05) is 16.9 Å². The molecule has 0 radical (unpaired) electrons. The zero-order chi connectivity index (χ0) is 15.8. The molecule has 2 rings (SSSR count). The summed E-state index contributed by atoms with van der Waals surface area (Å²) in [4.78, 5) is 4.64. The minimum absolute atomic E-state index is 0.417. The molecular formula is C17H25N5. The van der Waals surface area contributed by atoms with Crippen LogP contribution in [0.4, 0.5) is 0 Å². The highest BCUT2D eigenvalue weighted by atomic mass is 15.3. The monoisotopic (exact) mass is 299 g/mol. The van der Waals surface area contributed by atoms with Crippen LogP contribution < -0.4 is 10.6 Å². The molecule has 0 amide bonds. The van der Waals surface area contributed by atoms with Gasteiger partial charge in [-0.1, -0.05) is 19.1 Å². The van der Waals surface area contributed by atoms with Gasteiger partial charge in [-0.15, -0.1) is 0 Å². The van der Waals surface area contributed by atoms with Gasteiger partial charge in [0.15, 0.2) is 5.96 Å². The first-order valence-electron chi connectivity index (χ1n) is 7.86. The maximum atomic E-state index is 4.64. The Kier molecular flexibility index (Phi) is 6.01. The predicted octanol–water partition coefficient (Wildman–Crippen LogP) is 2.73. The lowest BCUT2D eigenvalue weighted by Gasteiger charge is -2.16. The van der Waals surface area contributed by atoms with Crippen molar-refractivity contribution in [2.24, 2.45) is 4.99 Å². The number of hydrogen-bond donors (Lipinski definition) is 2. The summed E-state index contributed by atoms with van der Waals surface area (Å²) in [5.41, 5.74) is 2.24. The van der Waals surface area contributed by atoms with E-state index in [1.165, 1.54) is 5.56 Å². The Balaban J connectivity index is 2.00. The zero-order valence-corrected chi connectivity index (χ0v) is 13.6. The van der Waals surface area contributed by atoms with Crippen LogP contribution >= 0.6 is 0 Å². The number of benzene rings is 1. The molecule has 2 N–H and O–H groups in total. The lowest BCUT2D eigenvalue weighted by atomic mass is 10.2. The number of nitrogens with one attached hydrogen (secondary N) is 2. The Morgan fingerprint density at radius 1 is 1.27 bits per heavy atom. The van der Waals surface area contributed by atoms with Crippen molar-refractivity contribution in [3.05, 3.63) is 48.3 Å². The summed E-state index contributed by atoms with van der Waals surface area (Å²) < 4.78 is 1.85. The van der Waals surface area contributed by atoms with E-state index in [-0.39, 0.29) is 0 Å². The van der Waals surface area contributed by atoms with Gasteiger partial charge in [0.05, 0.1) is 12.2 Å². The van der Waals surface area contributed by atoms with E-state index in [4.69, 9.17) is 0 Å². The van der Waals surface area contributed by atoms with Crippen LogP contribution in [0.5, 0.6) is 0 Å². The van der Waals surface area contributed by atoms with Crippen LogP contribution in [0.2, 0.25) is 0 Å². The third-order valence-electron chi connectivity index (χ3n) is 3.46. The van der Waals surface area contributed by atoms with Gasteiger partial charge in [-0.2, -0.15) is 5.10 Å². The van der Waals surface area contributed by atoms with E-state index >= 15 is 0 Å². The number of aromatic nitrogens is 2. The fourth-order valence-electron chi connectivity index (χ4n) is 2.00. The second-order valence-corrected chi connectivity index (χ2v) is 5.27. The zero-order valence-electron chi connectivity index (χ0n) is 13.6. The highest BCUT2D eigenvalue weighted by Crippen LogP contribution is 2.09. The van der Waals surface area contributed by atoms with E-state index in [0.717, 1.165) is 24.6 Å². The number of aliphatic imine (C=N–C) groups is 1. The van der Waals surface area contributed by atoms with Crippen LogP contribution in [0.15, 0.2) is 47.7 Å². The van der Waals surface area contributed by atoms with E-state index < -0.39 is 0 Å². The van der Waals surface area contributed by atoms with Crippen molar-refractivity contribution in [3.63, 3.8) is 0 Å². The van der Waals surface area contributed by atoms with Crippen molar-refractivity contribution in [2.75, 3.05) is 6.54 Å². The fraction of sp³-hybridized carbons (Fsp3) is 0.412. The molecule has 5 nitrogen and oxygen atoms in total. The quantitative estimate of drug-likeness (QED) is 0.637. The molecule has 0 aliphatic carbocycles. The Morgan fingerprint density at radius 2 is 2.05 bits per heavy atom. The molecule has 1 aromatic heterocycles. The lowest BCUT2D eigenvalue weighted by Crippen LogP contribution is -2.41. The minimum atomic E-state index is 0.417. The van der Waals surface area contributed by atoms with Gasteiger partial charge in [0.25, 0.3) is 0 Å². The summed E-state index contributed by atoms with van der Waals surface area (Å²) in [5.74, 6) is 0.869. The van der Waals surface area contributed by atoms with Crippen LogP contribution in [0.1, 0.15) is 32.8 Å². The molecule has 2 aromatic rings. The molecule has 1 atom stereocenters. The van der Waals surface area contributed by atoms with Gasteiger partial charge in [0, 0.05) is 25.0 Å². The second kappa shape index (κ2) is 8.22. The Labute approximate surface area is 132 Å². The van der Waals surface area contributed by atoms with E-state index in [1.54, 1.807) is 6.20 Å². The number of guanidine groups is 1. The smallest absolute Gasteiger partial charge is 0.191 e. The summed E-state index contributed by atoms with van der Waals surface area (Å²) in [6, 6.07) is 10.6. The highest BCUT2D eigenvalue weighted by molar-refractivity contribution is 5.80. The molecule has 0 spiro atoms. The third kappa shape index (κ3) is 4.62. The molecular weight excluding hydrogens is 274 g/mol. The van der Waals surface area contributed by atoms with E-state index in [0.29, 0.717) is 12.6 Å². The highest BCUT2D eigenvalue weighted by Gasteiger charge is 2.02. The third-order valence-corrected chi connectivity index (χ3v) is 3.46. The first-order chi connectivity index (χ1) is 10.7. The largest absolute Gasteiger partial charge is 0.357 e. The lowest BCUT2D eigenvalue weighted by molar-refractivity contribution is 0.624. The first kappa shape index (κ1) is 16.1. The van der Waals surface area contributed by atoms with Crippen LogP contribution in [-0.4, -0.2) is 28.3 Å². The maximum absolute atomic E-state index is 4.64.